The van der Waals surface area contributed by atoms with Crippen molar-refractivity contribution in [2.45, 2.75) is 32.2 Å². The van der Waals surface area contributed by atoms with E-state index in [2.05, 4.69) is 42.4 Å². The number of anilines is 3. The molecule has 0 unspecified atom stereocenters. The molecule has 6 rings (SSSR count). The van der Waals surface area contributed by atoms with Gasteiger partial charge < -0.3 is 15.4 Å². The van der Waals surface area contributed by atoms with Gasteiger partial charge in [-0.3, -0.25) is 14.5 Å². The Morgan fingerprint density at radius 2 is 2.12 bits per heavy atom. The minimum Gasteiger partial charge on any atom is -0.419 e. The molecule has 1 aliphatic carbocycles. The Labute approximate surface area is 231 Å². The number of carbonyl (C=O) groups excluding carboxylic acids is 3. The van der Waals surface area contributed by atoms with Crippen LogP contribution in [0, 0.1) is 6.92 Å². The molecule has 0 aromatic carbocycles. The maximum atomic E-state index is 13.5. The summed E-state index contributed by atoms with van der Waals surface area (Å²) in [6.45, 7) is 5.29. The molecule has 0 radical (unpaired) electrons. The molecule has 4 amide bonds. The topological polar surface area (TPSA) is 152 Å². The minimum absolute atomic E-state index is 0.297. The van der Waals surface area contributed by atoms with Gasteiger partial charge in [0.25, 0.3) is 11.8 Å². The summed E-state index contributed by atoms with van der Waals surface area (Å²) in [5.41, 5.74) is 2.86. The van der Waals surface area contributed by atoms with Crippen molar-refractivity contribution < 1.29 is 19.1 Å². The molecule has 0 bridgehead atoms. The molecule has 2 aliphatic rings. The van der Waals surface area contributed by atoms with Crippen LogP contribution in [0.4, 0.5) is 21.9 Å². The third-order valence-corrected chi connectivity index (χ3v) is 7.67. The average molecular weight is 555 g/mol. The third-order valence-electron chi connectivity index (χ3n) is 6.57. The number of aryl methyl sites for hydroxylation is 1. The van der Waals surface area contributed by atoms with Crippen LogP contribution in [0.5, 0.6) is 11.8 Å². The van der Waals surface area contributed by atoms with Crippen LogP contribution in [0.3, 0.4) is 0 Å². The summed E-state index contributed by atoms with van der Waals surface area (Å²) in [6.07, 6.45) is 7.93. The van der Waals surface area contributed by atoms with Crippen LogP contribution in [0.15, 0.2) is 60.5 Å². The van der Waals surface area contributed by atoms with Gasteiger partial charge in [0.05, 0.1) is 34.7 Å². The molecule has 12 nitrogen and oxygen atoms in total. The Bertz CT molecular complexity index is 1720. The highest BCUT2D eigenvalue weighted by molar-refractivity contribution is 7.21. The summed E-state index contributed by atoms with van der Waals surface area (Å²) in [7, 11) is 0. The van der Waals surface area contributed by atoms with Crippen molar-refractivity contribution in [1.82, 2.24) is 25.5 Å². The molecule has 1 atom stereocenters. The van der Waals surface area contributed by atoms with Gasteiger partial charge in [0.15, 0.2) is 0 Å². The van der Waals surface area contributed by atoms with E-state index < -0.39 is 11.9 Å². The zero-order chi connectivity index (χ0) is 27.8. The molecular weight excluding hydrogens is 532 g/mol. The van der Waals surface area contributed by atoms with Crippen molar-refractivity contribution in [2.75, 3.05) is 10.2 Å². The van der Waals surface area contributed by atoms with Crippen LogP contribution in [0.25, 0.3) is 10.2 Å². The van der Waals surface area contributed by atoms with Crippen molar-refractivity contribution in [3.05, 3.63) is 66.0 Å². The highest BCUT2D eigenvalue weighted by atomic mass is 32.1. The number of thiophene rings is 1. The quantitative estimate of drug-likeness (QED) is 0.325. The van der Waals surface area contributed by atoms with Crippen molar-refractivity contribution in [3.63, 3.8) is 0 Å². The first-order chi connectivity index (χ1) is 19.4. The smallest absolute Gasteiger partial charge is 0.331 e. The Kier molecular flexibility index (Phi) is 6.48. The molecule has 13 heteroatoms. The fourth-order valence-electron chi connectivity index (χ4n) is 4.77. The van der Waals surface area contributed by atoms with Crippen molar-refractivity contribution in [1.29, 1.82) is 0 Å². The summed E-state index contributed by atoms with van der Waals surface area (Å²) in [6, 6.07) is 5.98. The van der Waals surface area contributed by atoms with Gasteiger partial charge in [-0.15, -0.1) is 16.4 Å². The van der Waals surface area contributed by atoms with Gasteiger partial charge in [-0.05, 0) is 50.0 Å². The van der Waals surface area contributed by atoms with Crippen molar-refractivity contribution >= 4 is 62.2 Å². The molecule has 1 saturated carbocycles. The fraction of sp³-hybridized carbons (Fsp3) is 0.185. The highest BCUT2D eigenvalue weighted by Gasteiger charge is 2.35. The number of rotatable bonds is 6. The number of aliphatic imine (C=N–C) groups is 1. The molecule has 0 saturated heterocycles. The first-order valence-electron chi connectivity index (χ1n) is 12.4. The maximum Gasteiger partial charge on any atom is 0.331 e. The van der Waals surface area contributed by atoms with Gasteiger partial charge in [-0.2, -0.15) is 5.10 Å². The molecule has 40 heavy (non-hydrogen) atoms. The van der Waals surface area contributed by atoms with E-state index in [4.69, 9.17) is 4.74 Å². The lowest BCUT2D eigenvalue weighted by atomic mass is 10.1. The number of amides is 4. The number of nitrogens with one attached hydrogen (secondary N) is 2. The van der Waals surface area contributed by atoms with Gasteiger partial charge in [0.2, 0.25) is 11.8 Å². The first kappa shape index (κ1) is 25.2. The second-order valence-electron chi connectivity index (χ2n) is 9.12. The Morgan fingerprint density at radius 1 is 1.25 bits per heavy atom. The summed E-state index contributed by atoms with van der Waals surface area (Å²) in [5, 5.41) is 14.2. The van der Waals surface area contributed by atoms with Crippen LogP contribution >= 0.6 is 11.3 Å². The number of nitrogens with zero attached hydrogens (tertiary/aromatic N) is 6. The molecule has 0 spiro atoms. The Morgan fingerprint density at radius 3 is 2.90 bits per heavy atom. The molecular formula is C27H22N8O4S. The largest absolute Gasteiger partial charge is 0.419 e. The zero-order valence-corrected chi connectivity index (χ0v) is 22.1. The predicted octanol–water partition coefficient (Wildman–Crippen LogP) is 4.70. The summed E-state index contributed by atoms with van der Waals surface area (Å²) in [4.78, 5) is 53.9. The summed E-state index contributed by atoms with van der Waals surface area (Å²) in [5.74, 6) is -0.205. The lowest BCUT2D eigenvalue weighted by Gasteiger charge is -2.29. The molecule has 200 valence electrons. The van der Waals surface area contributed by atoms with Gasteiger partial charge >= 0.3 is 6.03 Å². The van der Waals surface area contributed by atoms with E-state index in [1.54, 1.807) is 42.9 Å². The minimum atomic E-state index is -0.445. The standard InChI is InChI=1S/C27H22N8O4S/c1-3-19(36)31-15-6-4-7-16(15)32-25(37)24-23-22-17(9-11-28-26(22)40-24)35(27(38)33-23)18-13-29-21(12-14(18)2)39-20-8-5-10-30-34-20/h3,5,8-13,16H,1,4,6-7H2,2H3,(H,32,37)(H,33,38)/t16-/m1/s1. The average Bonchev–Trinajstić information content (AvgIpc) is 3.55. The van der Waals surface area contributed by atoms with E-state index in [0.717, 1.165) is 18.1 Å². The lowest BCUT2D eigenvalue weighted by molar-refractivity contribution is -0.113. The van der Waals surface area contributed by atoms with E-state index in [-0.39, 0.29) is 11.9 Å². The molecule has 4 aromatic rings. The van der Waals surface area contributed by atoms with Gasteiger partial charge in [0, 0.05) is 30.2 Å². The van der Waals surface area contributed by atoms with Gasteiger partial charge in [-0.1, -0.05) is 6.58 Å². The first-order valence-corrected chi connectivity index (χ1v) is 13.2. The molecule has 2 N–H and O–H groups in total. The number of hydrogen-bond acceptors (Lipinski definition) is 9. The van der Waals surface area contributed by atoms with Crippen LogP contribution in [0.1, 0.15) is 34.5 Å². The van der Waals surface area contributed by atoms with E-state index >= 15 is 0 Å². The summed E-state index contributed by atoms with van der Waals surface area (Å²) >= 11 is 1.18. The second kappa shape index (κ2) is 10.3. The lowest BCUT2D eigenvalue weighted by Crippen LogP contribution is -2.39. The molecule has 4 aromatic heterocycles. The van der Waals surface area contributed by atoms with E-state index in [0.29, 0.717) is 62.5 Å². The number of urea groups is 1. The second-order valence-corrected chi connectivity index (χ2v) is 10.1. The Hall–Kier alpha value is -5.04. The zero-order valence-electron chi connectivity index (χ0n) is 21.2. The van der Waals surface area contributed by atoms with Gasteiger partial charge in [-0.25, -0.2) is 19.8 Å². The van der Waals surface area contributed by atoms with Crippen LogP contribution in [0.2, 0.25) is 0 Å². The number of carbonyl (C=O) groups is 3. The number of hydrogen-bond donors (Lipinski definition) is 2. The number of pyridine rings is 2. The van der Waals surface area contributed by atoms with Crippen molar-refractivity contribution in [3.8, 4) is 11.8 Å². The SMILES string of the molecule is C=CC(=O)N=C1CCC[C@H]1NC(=O)c1sc2nccc3c2c1NC(=O)N3c1cnc(Oc2cccnn2)cc1C. The maximum absolute atomic E-state index is 13.5. The van der Waals surface area contributed by atoms with Crippen molar-refractivity contribution in [2.24, 2.45) is 4.99 Å². The van der Waals surface area contributed by atoms with Gasteiger partial charge in [0.1, 0.15) is 9.71 Å². The predicted molar refractivity (Wildman–Crippen MR) is 150 cm³/mol. The normalized spacial score (nSPS) is 17.1. The molecule has 1 fully saturated rings. The summed E-state index contributed by atoms with van der Waals surface area (Å²) < 4.78 is 5.67. The van der Waals surface area contributed by atoms with E-state index in [9.17, 15) is 14.4 Å². The monoisotopic (exact) mass is 554 g/mol. The van der Waals surface area contributed by atoms with Crippen LogP contribution in [-0.2, 0) is 4.79 Å². The fourth-order valence-corrected chi connectivity index (χ4v) is 5.80. The number of ether oxygens (including phenoxy) is 1. The third kappa shape index (κ3) is 4.56. The molecule has 1 aliphatic heterocycles. The van der Waals surface area contributed by atoms with Crippen LogP contribution in [-0.4, -0.2) is 49.8 Å². The van der Waals surface area contributed by atoms with E-state index in [1.807, 2.05) is 6.92 Å². The van der Waals surface area contributed by atoms with Crippen LogP contribution < -0.4 is 20.3 Å². The highest BCUT2D eigenvalue weighted by Crippen LogP contribution is 2.46. The molecule has 5 heterocycles. The number of aromatic nitrogens is 4. The van der Waals surface area contributed by atoms with E-state index in [1.165, 1.54) is 16.2 Å². The Balaban J connectivity index is 1.32.